The van der Waals surface area contributed by atoms with Gasteiger partial charge in [0.05, 0.1) is 24.6 Å². The van der Waals surface area contributed by atoms with E-state index in [-0.39, 0.29) is 24.8 Å². The van der Waals surface area contributed by atoms with Crippen LogP contribution in [0.3, 0.4) is 0 Å². The molecular formula is C27H42N6O3. The van der Waals surface area contributed by atoms with Gasteiger partial charge in [0.15, 0.2) is 0 Å². The lowest BCUT2D eigenvalue weighted by Crippen LogP contribution is -2.44. The maximum Gasteiger partial charge on any atom is 0.307 e. The molecule has 198 valence electrons. The molecule has 4 rings (SSSR count). The highest BCUT2D eigenvalue weighted by Gasteiger charge is 2.18. The second kappa shape index (κ2) is 13.2. The van der Waals surface area contributed by atoms with Crippen molar-refractivity contribution in [1.29, 1.82) is 0 Å². The number of rotatable bonds is 11. The van der Waals surface area contributed by atoms with Crippen molar-refractivity contribution >= 4 is 22.9 Å². The first-order valence-electron chi connectivity index (χ1n) is 13.5. The predicted molar refractivity (Wildman–Crippen MR) is 141 cm³/mol. The van der Waals surface area contributed by atoms with Gasteiger partial charge in [0.1, 0.15) is 5.82 Å². The second-order valence-electron chi connectivity index (χ2n) is 10.2. The molecule has 36 heavy (non-hydrogen) atoms. The Morgan fingerprint density at radius 3 is 2.67 bits per heavy atom. The van der Waals surface area contributed by atoms with E-state index in [2.05, 4.69) is 36.8 Å². The van der Waals surface area contributed by atoms with E-state index in [1.54, 1.807) is 0 Å². The van der Waals surface area contributed by atoms with Crippen LogP contribution in [-0.4, -0.2) is 97.7 Å². The normalized spacial score (nSPS) is 17.9. The van der Waals surface area contributed by atoms with Crippen molar-refractivity contribution in [2.45, 2.75) is 45.1 Å². The molecule has 0 unspecified atom stereocenters. The Kier molecular flexibility index (Phi) is 9.72. The third-order valence-electron chi connectivity index (χ3n) is 7.62. The number of methoxy groups -OCH3 is 1. The Hall–Kier alpha value is -2.49. The number of esters is 1. The maximum atomic E-state index is 12.6. The van der Waals surface area contributed by atoms with Crippen LogP contribution in [0.2, 0.25) is 0 Å². The van der Waals surface area contributed by atoms with Gasteiger partial charge in [0.2, 0.25) is 0 Å². The van der Waals surface area contributed by atoms with Crippen LogP contribution in [0, 0.1) is 5.92 Å². The highest BCUT2D eigenvalue weighted by molar-refractivity contribution is 5.97. The number of piperazine rings is 1. The molecule has 9 nitrogen and oxygen atoms in total. The summed E-state index contributed by atoms with van der Waals surface area (Å²) >= 11 is 0. The summed E-state index contributed by atoms with van der Waals surface area (Å²) in [5.41, 5.74) is 2.54. The number of aromatic nitrogens is 2. The number of fused-ring (bicyclic) bond motifs is 1. The second-order valence-corrected chi connectivity index (χ2v) is 10.2. The Morgan fingerprint density at radius 1 is 1.14 bits per heavy atom. The molecule has 3 heterocycles. The number of hydrogen-bond donors (Lipinski definition) is 2. The molecule has 2 aromatic rings. The summed E-state index contributed by atoms with van der Waals surface area (Å²) in [6, 6.07) is 5.78. The van der Waals surface area contributed by atoms with Crippen LogP contribution in [0.25, 0.3) is 11.0 Å². The van der Waals surface area contributed by atoms with Gasteiger partial charge in [0.25, 0.3) is 5.91 Å². The molecule has 0 saturated carbocycles. The van der Waals surface area contributed by atoms with Crippen molar-refractivity contribution < 1.29 is 14.3 Å². The average molecular weight is 499 g/mol. The summed E-state index contributed by atoms with van der Waals surface area (Å²) < 4.78 is 7.02. The monoisotopic (exact) mass is 498 g/mol. The van der Waals surface area contributed by atoms with Gasteiger partial charge in [-0.1, -0.05) is 0 Å². The topological polar surface area (TPSA) is 91.7 Å². The van der Waals surface area contributed by atoms with E-state index in [9.17, 15) is 9.59 Å². The van der Waals surface area contributed by atoms with Crippen molar-refractivity contribution in [3.05, 3.63) is 29.6 Å². The number of carbonyl (C=O) groups excluding carboxylic acids is 2. The minimum atomic E-state index is -0.334. The summed E-state index contributed by atoms with van der Waals surface area (Å²) in [5, 5.41) is 6.26. The predicted octanol–water partition coefficient (Wildman–Crippen LogP) is 1.90. The van der Waals surface area contributed by atoms with Crippen molar-refractivity contribution in [1.82, 2.24) is 30.0 Å². The van der Waals surface area contributed by atoms with Gasteiger partial charge in [-0.15, -0.1) is 0 Å². The van der Waals surface area contributed by atoms with E-state index in [1.165, 1.54) is 20.0 Å². The van der Waals surface area contributed by atoms with Crippen LogP contribution < -0.4 is 10.6 Å². The first-order valence-corrected chi connectivity index (χ1v) is 13.5. The SMILES string of the molecule is COC(=O)CCNC(=O)c1ccc2c(c1)nc(CCC1CCNCC1)n2CCCN1CCN(C)CC1. The zero-order chi connectivity index (χ0) is 25.3. The molecule has 2 fully saturated rings. The Labute approximate surface area is 214 Å². The fourth-order valence-electron chi connectivity index (χ4n) is 5.27. The molecule has 1 amide bonds. The fraction of sp³-hybridized carbons (Fsp3) is 0.667. The summed E-state index contributed by atoms with van der Waals surface area (Å²) in [4.78, 5) is 33.9. The van der Waals surface area contributed by atoms with Gasteiger partial charge in [-0.25, -0.2) is 4.98 Å². The molecule has 0 bridgehead atoms. The van der Waals surface area contributed by atoms with E-state index < -0.39 is 0 Å². The van der Waals surface area contributed by atoms with Gasteiger partial charge in [-0.3, -0.25) is 9.59 Å². The molecule has 0 atom stereocenters. The number of aryl methyl sites for hydroxylation is 2. The lowest BCUT2D eigenvalue weighted by molar-refractivity contribution is -0.140. The summed E-state index contributed by atoms with van der Waals surface area (Å²) in [5.74, 6) is 1.35. The molecule has 9 heteroatoms. The van der Waals surface area contributed by atoms with E-state index in [4.69, 9.17) is 4.98 Å². The molecule has 2 aliphatic rings. The van der Waals surface area contributed by atoms with E-state index in [0.717, 1.165) is 94.4 Å². The van der Waals surface area contributed by atoms with Crippen molar-refractivity contribution in [3.63, 3.8) is 0 Å². The smallest absolute Gasteiger partial charge is 0.307 e. The molecule has 1 aromatic heterocycles. The number of carbonyl (C=O) groups is 2. The molecule has 2 N–H and O–H groups in total. The summed E-state index contributed by atoms with van der Waals surface area (Å²) in [7, 11) is 3.54. The number of nitrogens with zero attached hydrogens (tertiary/aromatic N) is 4. The van der Waals surface area contributed by atoms with E-state index >= 15 is 0 Å². The molecule has 0 radical (unpaired) electrons. The minimum Gasteiger partial charge on any atom is -0.469 e. The fourth-order valence-corrected chi connectivity index (χ4v) is 5.27. The number of ether oxygens (including phenoxy) is 1. The standard InChI is InChI=1S/C27H42N6O3/c1-31-16-18-32(19-17-31)14-3-15-33-24-6-5-22(27(35)29-13-10-26(34)36-2)20-23(24)30-25(33)7-4-21-8-11-28-12-9-21/h5-6,20-21,28H,3-4,7-19H2,1-2H3,(H,29,35). The van der Waals surface area contributed by atoms with Crippen LogP contribution in [-0.2, 0) is 22.5 Å². The molecule has 2 aliphatic heterocycles. The third-order valence-corrected chi connectivity index (χ3v) is 7.62. The Balaban J connectivity index is 1.44. The van der Waals surface area contributed by atoms with Crippen LogP contribution >= 0.6 is 0 Å². The minimum absolute atomic E-state index is 0.160. The number of nitrogens with one attached hydrogen (secondary N) is 2. The Bertz CT molecular complexity index is 1010. The molecule has 0 aliphatic carbocycles. The van der Waals surface area contributed by atoms with Crippen LogP contribution in [0.5, 0.6) is 0 Å². The van der Waals surface area contributed by atoms with Crippen molar-refractivity contribution in [3.8, 4) is 0 Å². The van der Waals surface area contributed by atoms with E-state index in [1.807, 2.05) is 18.2 Å². The molecular weight excluding hydrogens is 456 g/mol. The number of amides is 1. The number of hydrogen-bond acceptors (Lipinski definition) is 7. The van der Waals surface area contributed by atoms with Crippen LogP contribution in [0.1, 0.15) is 48.3 Å². The largest absolute Gasteiger partial charge is 0.469 e. The van der Waals surface area contributed by atoms with Crippen molar-refractivity contribution in [2.24, 2.45) is 5.92 Å². The van der Waals surface area contributed by atoms with Crippen LogP contribution in [0.4, 0.5) is 0 Å². The lowest BCUT2D eigenvalue weighted by Gasteiger charge is -2.32. The average Bonchev–Trinajstić information content (AvgIpc) is 3.25. The Morgan fingerprint density at radius 2 is 1.92 bits per heavy atom. The maximum absolute atomic E-state index is 12.6. The zero-order valence-corrected chi connectivity index (χ0v) is 21.9. The van der Waals surface area contributed by atoms with Gasteiger partial charge in [-0.2, -0.15) is 0 Å². The van der Waals surface area contributed by atoms with Gasteiger partial charge < -0.3 is 29.7 Å². The van der Waals surface area contributed by atoms with Gasteiger partial charge in [0, 0.05) is 51.3 Å². The molecule has 2 saturated heterocycles. The van der Waals surface area contributed by atoms with E-state index in [0.29, 0.717) is 5.56 Å². The zero-order valence-electron chi connectivity index (χ0n) is 21.9. The highest BCUT2D eigenvalue weighted by atomic mass is 16.5. The van der Waals surface area contributed by atoms with Crippen molar-refractivity contribution in [2.75, 3.05) is 66.5 Å². The third kappa shape index (κ3) is 7.27. The molecule has 1 aromatic carbocycles. The summed E-state index contributed by atoms with van der Waals surface area (Å²) in [6.45, 7) is 9.07. The molecule has 0 spiro atoms. The van der Waals surface area contributed by atoms with Gasteiger partial charge >= 0.3 is 5.97 Å². The number of imidazole rings is 1. The lowest BCUT2D eigenvalue weighted by atomic mass is 9.93. The number of piperidine rings is 1. The number of benzene rings is 1. The van der Waals surface area contributed by atoms with Crippen LogP contribution in [0.15, 0.2) is 18.2 Å². The first kappa shape index (κ1) is 26.6. The van der Waals surface area contributed by atoms with Gasteiger partial charge in [-0.05, 0) is 76.5 Å². The number of likely N-dealkylation sites (N-methyl/N-ethyl adjacent to an activating group) is 1. The quantitative estimate of drug-likeness (QED) is 0.457. The summed E-state index contributed by atoms with van der Waals surface area (Å²) in [6.07, 6.45) is 5.84. The highest BCUT2D eigenvalue weighted by Crippen LogP contribution is 2.23. The first-order chi connectivity index (χ1) is 17.5.